The summed E-state index contributed by atoms with van der Waals surface area (Å²) in [7, 11) is 0. The average Bonchev–Trinajstić information content (AvgIpc) is 2.52. The van der Waals surface area contributed by atoms with E-state index in [1.165, 1.54) is 4.90 Å². The molecule has 13 heavy (non-hydrogen) atoms. The van der Waals surface area contributed by atoms with E-state index in [-0.39, 0.29) is 12.3 Å². The summed E-state index contributed by atoms with van der Waals surface area (Å²) in [4.78, 5) is 23.3. The Morgan fingerprint density at radius 2 is 2.31 bits per heavy atom. The van der Waals surface area contributed by atoms with Crippen LogP contribution in [0.25, 0.3) is 0 Å². The first-order valence-corrected chi connectivity index (χ1v) is 4.12. The van der Waals surface area contributed by atoms with E-state index in [2.05, 4.69) is 5.92 Å². The van der Waals surface area contributed by atoms with Crippen molar-refractivity contribution in [2.75, 3.05) is 6.54 Å². The molecule has 1 fully saturated rings. The second kappa shape index (κ2) is 3.94. The van der Waals surface area contributed by atoms with Crippen molar-refractivity contribution in [3.8, 4) is 12.3 Å². The van der Waals surface area contributed by atoms with Crippen molar-refractivity contribution < 1.29 is 14.7 Å². The third-order valence-corrected chi connectivity index (χ3v) is 2.11. The van der Waals surface area contributed by atoms with E-state index in [9.17, 15) is 9.59 Å². The Morgan fingerprint density at radius 1 is 1.62 bits per heavy atom. The van der Waals surface area contributed by atoms with Crippen molar-refractivity contribution in [1.82, 2.24) is 4.90 Å². The van der Waals surface area contributed by atoms with Gasteiger partial charge in [-0.1, -0.05) is 5.92 Å². The molecule has 0 aromatic rings. The molecule has 1 aliphatic rings. The maximum Gasteiger partial charge on any atom is 0.326 e. The summed E-state index contributed by atoms with van der Waals surface area (Å²) in [5.41, 5.74) is 0. The van der Waals surface area contributed by atoms with Gasteiger partial charge < -0.3 is 10.0 Å². The molecule has 0 aromatic heterocycles. The molecular weight excluding hydrogens is 170 g/mol. The van der Waals surface area contributed by atoms with Crippen LogP contribution in [0.4, 0.5) is 0 Å². The quantitative estimate of drug-likeness (QED) is 0.614. The number of nitrogens with zero attached hydrogens (tertiary/aromatic N) is 1. The van der Waals surface area contributed by atoms with Crippen molar-refractivity contribution in [2.24, 2.45) is 0 Å². The van der Waals surface area contributed by atoms with Crippen molar-refractivity contribution in [2.45, 2.75) is 25.3 Å². The number of hydrogen-bond acceptors (Lipinski definition) is 2. The van der Waals surface area contributed by atoms with Crippen LogP contribution >= 0.6 is 0 Å². The number of carbonyl (C=O) groups excluding carboxylic acids is 1. The maximum atomic E-state index is 11.3. The van der Waals surface area contributed by atoms with Crippen LogP contribution in [0.2, 0.25) is 0 Å². The van der Waals surface area contributed by atoms with Crippen LogP contribution in [-0.2, 0) is 9.59 Å². The maximum absolute atomic E-state index is 11.3. The third-order valence-electron chi connectivity index (χ3n) is 2.11. The van der Waals surface area contributed by atoms with E-state index in [4.69, 9.17) is 11.5 Å². The predicted molar refractivity (Wildman–Crippen MR) is 45.8 cm³/mol. The molecule has 0 spiro atoms. The molecule has 0 aliphatic carbocycles. The largest absolute Gasteiger partial charge is 0.480 e. The number of likely N-dealkylation sites (tertiary alicyclic amines) is 1. The molecule has 70 valence electrons. The van der Waals surface area contributed by atoms with Crippen LogP contribution in [0.3, 0.4) is 0 Å². The molecule has 1 amide bonds. The lowest BCUT2D eigenvalue weighted by Crippen LogP contribution is -2.40. The standard InChI is InChI=1S/C9H11NO3/c1-2-4-8(11)10-6-3-5-7(10)9(12)13/h1,7H,3-6H2,(H,12,13)/t7-/m0/s1. The Kier molecular flexibility index (Phi) is 2.91. The number of aliphatic carboxylic acids is 1. The molecule has 0 aromatic carbocycles. The van der Waals surface area contributed by atoms with Gasteiger partial charge in [0, 0.05) is 6.54 Å². The van der Waals surface area contributed by atoms with Crippen molar-refractivity contribution in [3.63, 3.8) is 0 Å². The van der Waals surface area contributed by atoms with Gasteiger partial charge in [-0.3, -0.25) is 4.79 Å². The lowest BCUT2D eigenvalue weighted by Gasteiger charge is -2.19. The minimum atomic E-state index is -0.942. The number of amides is 1. The summed E-state index contributed by atoms with van der Waals surface area (Å²) in [6, 6.07) is -0.666. The lowest BCUT2D eigenvalue weighted by atomic mass is 10.2. The molecule has 0 radical (unpaired) electrons. The highest BCUT2D eigenvalue weighted by Gasteiger charge is 2.33. The van der Waals surface area contributed by atoms with E-state index in [1.54, 1.807) is 0 Å². The van der Waals surface area contributed by atoms with Gasteiger partial charge in [-0.2, -0.15) is 0 Å². The number of carboxylic acid groups (broad SMARTS) is 1. The fraction of sp³-hybridized carbons (Fsp3) is 0.556. The topological polar surface area (TPSA) is 57.6 Å². The van der Waals surface area contributed by atoms with Crippen molar-refractivity contribution in [3.05, 3.63) is 0 Å². The molecule has 4 heteroatoms. The summed E-state index contributed by atoms with van der Waals surface area (Å²) in [5.74, 6) is 1.02. The van der Waals surface area contributed by atoms with Crippen LogP contribution in [0.1, 0.15) is 19.3 Å². The van der Waals surface area contributed by atoms with E-state index >= 15 is 0 Å². The molecular formula is C9H11NO3. The molecule has 1 atom stereocenters. The second-order valence-corrected chi connectivity index (χ2v) is 2.96. The highest BCUT2D eigenvalue weighted by Crippen LogP contribution is 2.17. The molecule has 1 N–H and O–H groups in total. The van der Waals surface area contributed by atoms with Crippen molar-refractivity contribution >= 4 is 11.9 Å². The van der Waals surface area contributed by atoms with E-state index in [1.807, 2.05) is 0 Å². The van der Waals surface area contributed by atoms with Gasteiger partial charge in [0.15, 0.2) is 0 Å². The van der Waals surface area contributed by atoms with E-state index < -0.39 is 12.0 Å². The van der Waals surface area contributed by atoms with Gasteiger partial charge in [0.1, 0.15) is 6.04 Å². The minimum absolute atomic E-state index is 0.0101. The van der Waals surface area contributed by atoms with E-state index in [0.29, 0.717) is 13.0 Å². The van der Waals surface area contributed by atoms with Gasteiger partial charge in [-0.05, 0) is 12.8 Å². The van der Waals surface area contributed by atoms with Crippen LogP contribution in [0.5, 0.6) is 0 Å². The summed E-state index contributed by atoms with van der Waals surface area (Å²) in [5, 5.41) is 8.76. The molecule has 0 unspecified atom stereocenters. The smallest absolute Gasteiger partial charge is 0.326 e. The Hall–Kier alpha value is -1.50. The molecule has 1 saturated heterocycles. The lowest BCUT2D eigenvalue weighted by molar-refractivity contribution is -0.147. The van der Waals surface area contributed by atoms with Gasteiger partial charge in [-0.15, -0.1) is 6.42 Å². The Morgan fingerprint density at radius 3 is 2.85 bits per heavy atom. The molecule has 1 rings (SSSR count). The molecule has 0 bridgehead atoms. The first kappa shape index (κ1) is 9.59. The molecule has 0 saturated carbocycles. The Bertz CT molecular complexity index is 267. The zero-order valence-corrected chi connectivity index (χ0v) is 7.19. The van der Waals surface area contributed by atoms with Gasteiger partial charge in [0.2, 0.25) is 5.91 Å². The highest BCUT2D eigenvalue weighted by molar-refractivity contribution is 5.85. The predicted octanol–water partition coefficient (Wildman–Crippen LogP) is 0.0853. The van der Waals surface area contributed by atoms with E-state index in [0.717, 1.165) is 6.42 Å². The monoisotopic (exact) mass is 181 g/mol. The van der Waals surface area contributed by atoms with Crippen molar-refractivity contribution in [1.29, 1.82) is 0 Å². The van der Waals surface area contributed by atoms with Crippen LogP contribution in [0.15, 0.2) is 0 Å². The first-order valence-electron chi connectivity index (χ1n) is 4.12. The Labute approximate surface area is 76.5 Å². The summed E-state index contributed by atoms with van der Waals surface area (Å²) < 4.78 is 0. The highest BCUT2D eigenvalue weighted by atomic mass is 16.4. The third kappa shape index (κ3) is 2.00. The second-order valence-electron chi connectivity index (χ2n) is 2.96. The van der Waals surface area contributed by atoms with Gasteiger partial charge in [0.25, 0.3) is 0 Å². The minimum Gasteiger partial charge on any atom is -0.480 e. The zero-order chi connectivity index (χ0) is 9.84. The van der Waals surface area contributed by atoms with Crippen LogP contribution in [0, 0.1) is 12.3 Å². The number of hydrogen-bond donors (Lipinski definition) is 1. The van der Waals surface area contributed by atoms with Gasteiger partial charge in [0.05, 0.1) is 6.42 Å². The Balaban J connectivity index is 2.64. The molecule has 4 nitrogen and oxygen atoms in total. The molecule has 1 heterocycles. The fourth-order valence-corrected chi connectivity index (χ4v) is 1.51. The van der Waals surface area contributed by atoms with Gasteiger partial charge >= 0.3 is 5.97 Å². The van der Waals surface area contributed by atoms with Gasteiger partial charge in [-0.25, -0.2) is 4.79 Å². The number of rotatable bonds is 2. The number of carbonyl (C=O) groups is 2. The van der Waals surface area contributed by atoms with Crippen LogP contribution < -0.4 is 0 Å². The van der Waals surface area contributed by atoms with Crippen LogP contribution in [-0.4, -0.2) is 34.5 Å². The summed E-state index contributed by atoms with van der Waals surface area (Å²) in [6.07, 6.45) is 6.24. The normalized spacial score (nSPS) is 21.2. The number of terminal acetylenes is 1. The zero-order valence-electron chi connectivity index (χ0n) is 7.19. The first-order chi connectivity index (χ1) is 6.16. The fourth-order valence-electron chi connectivity index (χ4n) is 1.51. The summed E-state index contributed by atoms with van der Waals surface area (Å²) >= 11 is 0. The summed E-state index contributed by atoms with van der Waals surface area (Å²) in [6.45, 7) is 0.511. The average molecular weight is 181 g/mol. The molecule has 1 aliphatic heterocycles. The SMILES string of the molecule is C#CCC(=O)N1CCC[C@H]1C(=O)O. The number of carboxylic acids is 1.